The van der Waals surface area contributed by atoms with E-state index in [1.807, 2.05) is 62.4 Å². The molecule has 2 aromatic carbocycles. The summed E-state index contributed by atoms with van der Waals surface area (Å²) in [4.78, 5) is 12.0. The predicted molar refractivity (Wildman–Crippen MR) is 84.4 cm³/mol. The van der Waals surface area contributed by atoms with E-state index in [1.54, 1.807) is 0 Å². The Kier molecular flexibility index (Phi) is 4.43. The van der Waals surface area contributed by atoms with Crippen molar-refractivity contribution in [2.24, 2.45) is 5.73 Å². The molecule has 3 nitrogen and oxygen atoms in total. The Hall–Kier alpha value is -2.13. The predicted octanol–water partition coefficient (Wildman–Crippen LogP) is 2.83. The molecule has 1 atom stereocenters. The van der Waals surface area contributed by atoms with Gasteiger partial charge in [-0.05, 0) is 37.0 Å². The molecule has 3 heteroatoms. The Morgan fingerprint density at radius 3 is 2.43 bits per heavy atom. The fourth-order valence-electron chi connectivity index (χ4n) is 2.65. The molecule has 0 bridgehead atoms. The van der Waals surface area contributed by atoms with Crippen LogP contribution in [-0.4, -0.2) is 17.6 Å². The summed E-state index contributed by atoms with van der Waals surface area (Å²) in [5.74, 6) is -0.876. The highest BCUT2D eigenvalue weighted by molar-refractivity contribution is 5.82. The van der Waals surface area contributed by atoms with Crippen molar-refractivity contribution in [3.05, 3.63) is 70.8 Å². The van der Waals surface area contributed by atoms with Crippen LogP contribution in [0.15, 0.2) is 48.5 Å². The Balaban J connectivity index is 2.53. The van der Waals surface area contributed by atoms with Gasteiger partial charge in [0.15, 0.2) is 0 Å². The van der Waals surface area contributed by atoms with Crippen molar-refractivity contribution >= 4 is 5.97 Å². The molecule has 1 unspecified atom stereocenters. The maximum atomic E-state index is 12.0. The third kappa shape index (κ3) is 2.98. The van der Waals surface area contributed by atoms with E-state index in [0.717, 1.165) is 22.3 Å². The van der Waals surface area contributed by atoms with Crippen molar-refractivity contribution in [2.45, 2.75) is 25.7 Å². The van der Waals surface area contributed by atoms with Crippen molar-refractivity contribution < 1.29 is 9.90 Å². The highest BCUT2D eigenvalue weighted by Crippen LogP contribution is 2.30. The zero-order valence-corrected chi connectivity index (χ0v) is 12.5. The van der Waals surface area contributed by atoms with Crippen LogP contribution in [0.2, 0.25) is 0 Å². The molecule has 3 N–H and O–H groups in total. The summed E-state index contributed by atoms with van der Waals surface area (Å²) < 4.78 is 0. The second-order valence-electron chi connectivity index (χ2n) is 5.56. The molecule has 0 radical (unpaired) electrons. The molecule has 0 heterocycles. The maximum absolute atomic E-state index is 12.0. The van der Waals surface area contributed by atoms with Gasteiger partial charge < -0.3 is 10.8 Å². The van der Waals surface area contributed by atoms with E-state index in [9.17, 15) is 9.90 Å². The number of nitrogens with two attached hydrogens (primary N) is 1. The van der Waals surface area contributed by atoms with E-state index in [1.165, 1.54) is 0 Å². The van der Waals surface area contributed by atoms with E-state index in [4.69, 9.17) is 5.73 Å². The van der Waals surface area contributed by atoms with Crippen LogP contribution >= 0.6 is 0 Å². The van der Waals surface area contributed by atoms with Gasteiger partial charge in [-0.1, -0.05) is 54.1 Å². The summed E-state index contributed by atoms with van der Waals surface area (Å²) in [6, 6.07) is 15.5. The van der Waals surface area contributed by atoms with E-state index in [-0.39, 0.29) is 6.54 Å². The fraction of sp³-hybridized carbons (Fsp3) is 0.278. The highest BCUT2D eigenvalue weighted by Gasteiger charge is 2.39. The second kappa shape index (κ2) is 6.10. The summed E-state index contributed by atoms with van der Waals surface area (Å²) >= 11 is 0. The Morgan fingerprint density at radius 1 is 1.14 bits per heavy atom. The topological polar surface area (TPSA) is 63.3 Å². The van der Waals surface area contributed by atoms with Gasteiger partial charge in [-0.25, -0.2) is 0 Å². The molecular weight excluding hydrogens is 262 g/mol. The van der Waals surface area contributed by atoms with Crippen LogP contribution in [0.3, 0.4) is 0 Å². The third-order valence-electron chi connectivity index (χ3n) is 4.08. The second-order valence-corrected chi connectivity index (χ2v) is 5.56. The largest absolute Gasteiger partial charge is 0.481 e. The van der Waals surface area contributed by atoms with Gasteiger partial charge in [-0.2, -0.15) is 0 Å². The number of carbonyl (C=O) groups is 1. The number of aliphatic carboxylic acids is 1. The van der Waals surface area contributed by atoms with Crippen LogP contribution in [0.25, 0.3) is 0 Å². The van der Waals surface area contributed by atoms with Crippen LogP contribution in [0.5, 0.6) is 0 Å². The minimum Gasteiger partial charge on any atom is -0.481 e. The van der Waals surface area contributed by atoms with E-state index in [0.29, 0.717) is 6.42 Å². The molecule has 0 amide bonds. The zero-order valence-electron chi connectivity index (χ0n) is 12.5. The van der Waals surface area contributed by atoms with Gasteiger partial charge in [0.1, 0.15) is 5.41 Å². The lowest BCUT2D eigenvalue weighted by atomic mass is 9.74. The molecule has 0 aliphatic rings. The van der Waals surface area contributed by atoms with Gasteiger partial charge in [0.2, 0.25) is 0 Å². The lowest BCUT2D eigenvalue weighted by Crippen LogP contribution is -2.45. The third-order valence-corrected chi connectivity index (χ3v) is 4.08. The lowest BCUT2D eigenvalue weighted by molar-refractivity contribution is -0.143. The number of hydrogen-bond acceptors (Lipinski definition) is 2. The molecule has 110 valence electrons. The standard InChI is InChI=1S/C18H21NO2/c1-13-6-5-9-16(10-13)18(12-19,17(20)21)11-15-8-4-3-7-14(15)2/h3-10H,11-12,19H2,1-2H3,(H,20,21). The molecule has 21 heavy (non-hydrogen) atoms. The van der Waals surface area contributed by atoms with Gasteiger partial charge >= 0.3 is 5.97 Å². The Morgan fingerprint density at radius 2 is 1.86 bits per heavy atom. The number of rotatable bonds is 5. The van der Waals surface area contributed by atoms with Crippen LogP contribution in [0.1, 0.15) is 22.3 Å². The summed E-state index contributed by atoms with van der Waals surface area (Å²) in [7, 11) is 0. The van der Waals surface area contributed by atoms with E-state index < -0.39 is 11.4 Å². The molecule has 2 rings (SSSR count). The molecule has 0 fully saturated rings. The van der Waals surface area contributed by atoms with Crippen LogP contribution in [-0.2, 0) is 16.6 Å². The first-order chi connectivity index (χ1) is 9.99. The smallest absolute Gasteiger partial charge is 0.315 e. The van der Waals surface area contributed by atoms with E-state index >= 15 is 0 Å². The summed E-state index contributed by atoms with van der Waals surface area (Å²) in [5, 5.41) is 9.84. The maximum Gasteiger partial charge on any atom is 0.315 e. The number of aryl methyl sites for hydroxylation is 2. The molecule has 0 aliphatic carbocycles. The van der Waals surface area contributed by atoms with Gasteiger partial charge in [-0.3, -0.25) is 4.79 Å². The first-order valence-electron chi connectivity index (χ1n) is 7.05. The van der Waals surface area contributed by atoms with Gasteiger partial charge in [-0.15, -0.1) is 0 Å². The SMILES string of the molecule is Cc1cccc(C(CN)(Cc2ccccc2C)C(=O)O)c1. The van der Waals surface area contributed by atoms with Gasteiger partial charge in [0.05, 0.1) is 0 Å². The zero-order chi connectivity index (χ0) is 15.5. The van der Waals surface area contributed by atoms with Crippen molar-refractivity contribution in [2.75, 3.05) is 6.54 Å². The normalized spacial score (nSPS) is 13.7. The number of carboxylic acids is 1. The number of carboxylic acid groups (broad SMARTS) is 1. The Labute approximate surface area is 125 Å². The first kappa shape index (κ1) is 15.3. The quantitative estimate of drug-likeness (QED) is 0.887. The van der Waals surface area contributed by atoms with Crippen molar-refractivity contribution in [1.82, 2.24) is 0 Å². The fourth-order valence-corrected chi connectivity index (χ4v) is 2.65. The average molecular weight is 283 g/mol. The monoisotopic (exact) mass is 283 g/mol. The average Bonchev–Trinajstić information content (AvgIpc) is 2.46. The molecule has 0 saturated carbocycles. The Bertz CT molecular complexity index is 651. The molecule has 0 saturated heterocycles. The minimum atomic E-state index is -1.09. The van der Waals surface area contributed by atoms with Crippen LogP contribution in [0, 0.1) is 13.8 Å². The van der Waals surface area contributed by atoms with Crippen LogP contribution < -0.4 is 5.73 Å². The summed E-state index contributed by atoms with van der Waals surface area (Å²) in [5.41, 5.74) is 8.73. The number of hydrogen-bond donors (Lipinski definition) is 2. The van der Waals surface area contributed by atoms with E-state index in [2.05, 4.69) is 0 Å². The van der Waals surface area contributed by atoms with Crippen LogP contribution in [0.4, 0.5) is 0 Å². The number of benzene rings is 2. The van der Waals surface area contributed by atoms with Gasteiger partial charge in [0, 0.05) is 6.54 Å². The molecule has 0 aromatic heterocycles. The molecular formula is C18H21NO2. The van der Waals surface area contributed by atoms with Gasteiger partial charge in [0.25, 0.3) is 0 Å². The molecule has 0 aliphatic heterocycles. The first-order valence-corrected chi connectivity index (χ1v) is 7.05. The van der Waals surface area contributed by atoms with Crippen molar-refractivity contribution in [3.8, 4) is 0 Å². The summed E-state index contributed by atoms with van der Waals surface area (Å²) in [6.45, 7) is 4.02. The lowest BCUT2D eigenvalue weighted by Gasteiger charge is -2.29. The van der Waals surface area contributed by atoms with Crippen molar-refractivity contribution in [1.29, 1.82) is 0 Å². The summed E-state index contributed by atoms with van der Waals surface area (Å²) in [6.07, 6.45) is 0.398. The van der Waals surface area contributed by atoms with Crippen molar-refractivity contribution in [3.63, 3.8) is 0 Å². The molecule has 2 aromatic rings. The minimum absolute atomic E-state index is 0.0696. The highest BCUT2D eigenvalue weighted by atomic mass is 16.4. The molecule has 0 spiro atoms.